The topological polar surface area (TPSA) is 77.4 Å². The summed E-state index contributed by atoms with van der Waals surface area (Å²) in [6.45, 7) is 4.06. The van der Waals surface area contributed by atoms with Crippen molar-refractivity contribution in [3.63, 3.8) is 0 Å². The standard InChI is InChI=1S/C29H28N4O3/c1-18-8-12-20(13-9-18)24-16-25(22-6-5-7-26(35-3)27(22)36-4)33-28(32-24)23(17-30-33)29(34)31-21-14-10-19(2)11-15-21/h5-17,25,32H,1-4H3,(H,31,34)/t25-/m0/s1. The fourth-order valence-corrected chi connectivity index (χ4v) is 4.36. The molecule has 36 heavy (non-hydrogen) atoms. The second kappa shape index (κ2) is 9.62. The lowest BCUT2D eigenvalue weighted by Crippen LogP contribution is -2.22. The lowest BCUT2D eigenvalue weighted by Gasteiger charge is -2.27. The number of amides is 1. The van der Waals surface area contributed by atoms with E-state index in [1.165, 1.54) is 5.56 Å². The lowest BCUT2D eigenvalue weighted by molar-refractivity contribution is 0.102. The highest BCUT2D eigenvalue weighted by Crippen LogP contribution is 2.41. The fourth-order valence-electron chi connectivity index (χ4n) is 4.36. The Morgan fingerprint density at radius 1 is 0.944 bits per heavy atom. The van der Waals surface area contributed by atoms with Gasteiger partial charge < -0.3 is 20.1 Å². The second-order valence-electron chi connectivity index (χ2n) is 8.77. The number of anilines is 2. The van der Waals surface area contributed by atoms with Crippen molar-refractivity contribution in [3.05, 3.63) is 107 Å². The lowest BCUT2D eigenvalue weighted by atomic mass is 9.99. The Bertz CT molecular complexity index is 1440. The largest absolute Gasteiger partial charge is 0.493 e. The predicted molar refractivity (Wildman–Crippen MR) is 142 cm³/mol. The Kier molecular flexibility index (Phi) is 6.21. The molecule has 2 heterocycles. The van der Waals surface area contributed by atoms with E-state index in [9.17, 15) is 4.79 Å². The Morgan fingerprint density at radius 2 is 1.64 bits per heavy atom. The van der Waals surface area contributed by atoms with E-state index >= 15 is 0 Å². The number of carbonyl (C=O) groups excluding carboxylic acids is 1. The maximum absolute atomic E-state index is 13.3. The number of rotatable bonds is 6. The van der Waals surface area contributed by atoms with Crippen LogP contribution in [0.1, 0.15) is 38.7 Å². The Hall–Kier alpha value is -4.52. The highest BCUT2D eigenvalue weighted by atomic mass is 16.5. The third-order valence-electron chi connectivity index (χ3n) is 6.31. The first-order valence-corrected chi connectivity index (χ1v) is 11.7. The van der Waals surface area contributed by atoms with Gasteiger partial charge in [-0.3, -0.25) is 4.79 Å². The van der Waals surface area contributed by atoms with Crippen LogP contribution < -0.4 is 20.1 Å². The summed E-state index contributed by atoms with van der Waals surface area (Å²) in [4.78, 5) is 13.3. The minimum atomic E-state index is -0.330. The number of hydrogen-bond acceptors (Lipinski definition) is 5. The van der Waals surface area contributed by atoms with Gasteiger partial charge in [0.1, 0.15) is 17.4 Å². The molecule has 0 spiro atoms. The molecular weight excluding hydrogens is 452 g/mol. The van der Waals surface area contributed by atoms with Crippen LogP contribution in [-0.2, 0) is 0 Å². The molecule has 1 atom stereocenters. The monoisotopic (exact) mass is 480 g/mol. The van der Waals surface area contributed by atoms with E-state index in [-0.39, 0.29) is 11.9 Å². The zero-order valence-corrected chi connectivity index (χ0v) is 20.7. The zero-order chi connectivity index (χ0) is 25.2. The van der Waals surface area contributed by atoms with Crippen molar-refractivity contribution < 1.29 is 14.3 Å². The van der Waals surface area contributed by atoms with Crippen LogP contribution in [0.15, 0.2) is 79.0 Å². The van der Waals surface area contributed by atoms with Gasteiger partial charge in [-0.2, -0.15) is 5.10 Å². The van der Waals surface area contributed by atoms with Crippen LogP contribution in [0.25, 0.3) is 5.70 Å². The summed E-state index contributed by atoms with van der Waals surface area (Å²) >= 11 is 0. The highest BCUT2D eigenvalue weighted by Gasteiger charge is 2.30. The first-order chi connectivity index (χ1) is 17.5. The van der Waals surface area contributed by atoms with Gasteiger partial charge in [-0.25, -0.2) is 4.68 Å². The average molecular weight is 481 g/mol. The maximum atomic E-state index is 13.3. The Balaban J connectivity index is 1.60. The molecule has 7 nitrogen and oxygen atoms in total. The van der Waals surface area contributed by atoms with Gasteiger partial charge >= 0.3 is 0 Å². The van der Waals surface area contributed by atoms with Crippen molar-refractivity contribution in [2.45, 2.75) is 19.9 Å². The number of nitrogens with one attached hydrogen (secondary N) is 2. The zero-order valence-electron chi connectivity index (χ0n) is 20.7. The predicted octanol–water partition coefficient (Wildman–Crippen LogP) is 5.83. The molecular formula is C29H28N4O3. The van der Waals surface area contributed by atoms with E-state index in [2.05, 4.69) is 53.0 Å². The van der Waals surface area contributed by atoms with Crippen LogP contribution in [0.3, 0.4) is 0 Å². The highest BCUT2D eigenvalue weighted by molar-refractivity contribution is 6.08. The minimum Gasteiger partial charge on any atom is -0.493 e. The molecule has 182 valence electrons. The average Bonchev–Trinajstić information content (AvgIpc) is 3.33. The fraction of sp³-hybridized carbons (Fsp3) is 0.172. The summed E-state index contributed by atoms with van der Waals surface area (Å²) in [6.07, 6.45) is 3.68. The molecule has 4 aromatic rings. The third kappa shape index (κ3) is 4.31. The minimum absolute atomic E-state index is 0.242. The van der Waals surface area contributed by atoms with Gasteiger partial charge in [0.2, 0.25) is 0 Å². The van der Waals surface area contributed by atoms with E-state index < -0.39 is 0 Å². The number of aryl methyl sites for hydroxylation is 2. The van der Waals surface area contributed by atoms with Crippen molar-refractivity contribution in [2.24, 2.45) is 0 Å². The smallest absolute Gasteiger partial charge is 0.261 e. The summed E-state index contributed by atoms with van der Waals surface area (Å²) in [5.41, 5.74) is 6.22. The molecule has 3 aromatic carbocycles. The summed E-state index contributed by atoms with van der Waals surface area (Å²) < 4.78 is 13.1. The second-order valence-corrected chi connectivity index (χ2v) is 8.77. The number of carbonyl (C=O) groups is 1. The molecule has 0 saturated carbocycles. The molecule has 0 unspecified atom stereocenters. The maximum Gasteiger partial charge on any atom is 0.261 e. The first-order valence-electron chi connectivity index (χ1n) is 11.7. The van der Waals surface area contributed by atoms with E-state index in [4.69, 9.17) is 9.47 Å². The Labute approximate surface area is 210 Å². The van der Waals surface area contributed by atoms with Crippen LogP contribution in [0.2, 0.25) is 0 Å². The molecule has 1 aliphatic heterocycles. The van der Waals surface area contributed by atoms with Crippen LogP contribution in [0.4, 0.5) is 11.5 Å². The molecule has 2 N–H and O–H groups in total. The number of fused-ring (bicyclic) bond motifs is 1. The number of para-hydroxylation sites is 1. The van der Waals surface area contributed by atoms with Crippen molar-refractivity contribution in [1.29, 1.82) is 0 Å². The van der Waals surface area contributed by atoms with Crippen LogP contribution >= 0.6 is 0 Å². The summed E-state index contributed by atoms with van der Waals surface area (Å²) in [6, 6.07) is 21.4. The number of allylic oxidation sites excluding steroid dienone is 1. The van der Waals surface area contributed by atoms with Crippen LogP contribution in [-0.4, -0.2) is 29.9 Å². The van der Waals surface area contributed by atoms with Gasteiger partial charge in [-0.1, -0.05) is 59.7 Å². The van der Waals surface area contributed by atoms with E-state index in [1.807, 2.05) is 49.4 Å². The molecule has 1 amide bonds. The van der Waals surface area contributed by atoms with E-state index in [1.54, 1.807) is 25.1 Å². The van der Waals surface area contributed by atoms with Gasteiger partial charge in [-0.15, -0.1) is 0 Å². The number of aromatic nitrogens is 2. The van der Waals surface area contributed by atoms with E-state index in [0.717, 1.165) is 28.1 Å². The molecule has 5 rings (SSSR count). The first kappa shape index (κ1) is 23.2. The van der Waals surface area contributed by atoms with Crippen molar-refractivity contribution >= 4 is 23.1 Å². The van der Waals surface area contributed by atoms with Crippen molar-refractivity contribution in [3.8, 4) is 11.5 Å². The molecule has 0 fully saturated rings. The summed E-state index contributed by atoms with van der Waals surface area (Å²) in [7, 11) is 3.24. The third-order valence-corrected chi connectivity index (χ3v) is 6.31. The summed E-state index contributed by atoms with van der Waals surface area (Å²) in [5.74, 6) is 1.62. The molecule has 0 bridgehead atoms. The van der Waals surface area contributed by atoms with Gasteiger partial charge in [0.25, 0.3) is 5.91 Å². The molecule has 1 aromatic heterocycles. The number of benzene rings is 3. The number of nitrogens with zero attached hydrogens (tertiary/aromatic N) is 2. The van der Waals surface area contributed by atoms with Crippen molar-refractivity contribution in [2.75, 3.05) is 24.9 Å². The van der Waals surface area contributed by atoms with Gasteiger partial charge in [0.05, 0.1) is 20.4 Å². The normalized spacial score (nSPS) is 14.3. The van der Waals surface area contributed by atoms with Gasteiger partial charge in [0.15, 0.2) is 11.5 Å². The van der Waals surface area contributed by atoms with E-state index in [0.29, 0.717) is 22.9 Å². The molecule has 0 saturated heterocycles. The van der Waals surface area contributed by atoms with Crippen LogP contribution in [0, 0.1) is 13.8 Å². The number of methoxy groups -OCH3 is 2. The van der Waals surface area contributed by atoms with Crippen LogP contribution in [0.5, 0.6) is 11.5 Å². The SMILES string of the molecule is COc1cccc([C@@H]2C=C(c3ccc(C)cc3)Nc3c(C(=O)Nc4ccc(C)cc4)cnn32)c1OC. The van der Waals surface area contributed by atoms with Crippen molar-refractivity contribution in [1.82, 2.24) is 9.78 Å². The molecule has 0 radical (unpaired) electrons. The quantitative estimate of drug-likeness (QED) is 0.363. The van der Waals surface area contributed by atoms with Gasteiger partial charge in [-0.05, 0) is 43.7 Å². The number of ether oxygens (including phenoxy) is 2. The Morgan fingerprint density at radius 3 is 2.31 bits per heavy atom. The molecule has 7 heteroatoms. The van der Waals surface area contributed by atoms with Gasteiger partial charge in [0, 0.05) is 16.9 Å². The summed E-state index contributed by atoms with van der Waals surface area (Å²) in [5, 5.41) is 11.1. The molecule has 0 aliphatic carbocycles. The number of hydrogen-bond donors (Lipinski definition) is 2. The molecule has 1 aliphatic rings.